The average molecular weight is 414 g/mol. The van der Waals surface area contributed by atoms with Crippen LogP contribution in [0.1, 0.15) is 37.7 Å². The van der Waals surface area contributed by atoms with E-state index in [1.807, 2.05) is 6.07 Å². The SMILES string of the molecule is COC(=O)c1ccc(CCCCNC(=O)c2cc(Br)ccc2F)s1. The van der Waals surface area contributed by atoms with Crippen molar-refractivity contribution in [1.82, 2.24) is 5.32 Å². The number of aryl methyl sites for hydroxylation is 1. The van der Waals surface area contributed by atoms with Crippen molar-refractivity contribution in [1.29, 1.82) is 0 Å². The number of halogens is 2. The van der Waals surface area contributed by atoms with Gasteiger partial charge in [0.15, 0.2) is 0 Å². The minimum Gasteiger partial charge on any atom is -0.465 e. The lowest BCUT2D eigenvalue weighted by Crippen LogP contribution is -2.25. The van der Waals surface area contributed by atoms with Crippen LogP contribution in [0.5, 0.6) is 0 Å². The second-order valence-electron chi connectivity index (χ2n) is 5.09. The molecule has 0 saturated heterocycles. The van der Waals surface area contributed by atoms with E-state index in [9.17, 15) is 14.0 Å². The summed E-state index contributed by atoms with van der Waals surface area (Å²) in [6, 6.07) is 7.94. The lowest BCUT2D eigenvalue weighted by Gasteiger charge is -2.06. The van der Waals surface area contributed by atoms with Gasteiger partial charge in [0, 0.05) is 15.9 Å². The molecule has 7 heteroatoms. The number of hydrogen-bond acceptors (Lipinski definition) is 4. The summed E-state index contributed by atoms with van der Waals surface area (Å²) in [4.78, 5) is 25.0. The fraction of sp³-hybridized carbons (Fsp3) is 0.294. The van der Waals surface area contributed by atoms with Gasteiger partial charge in [-0.3, -0.25) is 4.79 Å². The third-order valence-electron chi connectivity index (χ3n) is 3.36. The molecule has 0 aliphatic rings. The Hall–Kier alpha value is -1.73. The number of thiophene rings is 1. The smallest absolute Gasteiger partial charge is 0.348 e. The second kappa shape index (κ2) is 8.94. The largest absolute Gasteiger partial charge is 0.465 e. The molecular weight excluding hydrogens is 397 g/mol. The monoisotopic (exact) mass is 413 g/mol. The van der Waals surface area contributed by atoms with Crippen molar-refractivity contribution < 1.29 is 18.7 Å². The Morgan fingerprint density at radius 1 is 1.25 bits per heavy atom. The van der Waals surface area contributed by atoms with Crippen LogP contribution in [0.25, 0.3) is 0 Å². The van der Waals surface area contributed by atoms with E-state index < -0.39 is 11.7 Å². The van der Waals surface area contributed by atoms with Crippen LogP contribution in [0, 0.1) is 5.82 Å². The van der Waals surface area contributed by atoms with E-state index in [0.29, 0.717) is 15.9 Å². The fourth-order valence-corrected chi connectivity index (χ4v) is 3.44. The molecule has 0 atom stereocenters. The van der Waals surface area contributed by atoms with Crippen molar-refractivity contribution in [3.63, 3.8) is 0 Å². The molecule has 0 aliphatic carbocycles. The maximum absolute atomic E-state index is 13.6. The molecule has 1 aromatic heterocycles. The molecule has 1 heterocycles. The van der Waals surface area contributed by atoms with Crippen LogP contribution in [0.4, 0.5) is 4.39 Å². The van der Waals surface area contributed by atoms with E-state index in [-0.39, 0.29) is 11.5 Å². The molecular formula is C17H17BrFNO3S. The highest BCUT2D eigenvalue weighted by Crippen LogP contribution is 2.19. The normalized spacial score (nSPS) is 10.5. The lowest BCUT2D eigenvalue weighted by atomic mass is 10.2. The van der Waals surface area contributed by atoms with Crippen molar-refractivity contribution >= 4 is 39.1 Å². The molecule has 128 valence electrons. The molecule has 2 aromatic rings. The van der Waals surface area contributed by atoms with Crippen LogP contribution >= 0.6 is 27.3 Å². The number of methoxy groups -OCH3 is 1. The van der Waals surface area contributed by atoms with Crippen molar-refractivity contribution in [3.8, 4) is 0 Å². The lowest BCUT2D eigenvalue weighted by molar-refractivity contribution is 0.0606. The summed E-state index contributed by atoms with van der Waals surface area (Å²) in [7, 11) is 1.36. The molecule has 0 saturated carbocycles. The zero-order chi connectivity index (χ0) is 17.5. The number of nitrogens with one attached hydrogen (secondary N) is 1. The maximum atomic E-state index is 13.6. The summed E-state index contributed by atoms with van der Waals surface area (Å²) in [5.74, 6) is -1.28. The quantitative estimate of drug-likeness (QED) is 0.546. The molecule has 1 N–H and O–H groups in total. The Kier molecular flexibility index (Phi) is 6.93. The molecule has 0 bridgehead atoms. The molecule has 1 amide bonds. The topological polar surface area (TPSA) is 55.4 Å². The van der Waals surface area contributed by atoms with E-state index in [2.05, 4.69) is 26.0 Å². The van der Waals surface area contributed by atoms with Crippen LogP contribution in [0.15, 0.2) is 34.8 Å². The summed E-state index contributed by atoms with van der Waals surface area (Å²) in [6.07, 6.45) is 2.46. The van der Waals surface area contributed by atoms with Crippen molar-refractivity contribution in [2.45, 2.75) is 19.3 Å². The van der Waals surface area contributed by atoms with Crippen LogP contribution in [0.3, 0.4) is 0 Å². The Balaban J connectivity index is 1.73. The number of amides is 1. The summed E-state index contributed by atoms with van der Waals surface area (Å²) >= 11 is 4.64. The van der Waals surface area contributed by atoms with Gasteiger partial charge in [-0.2, -0.15) is 0 Å². The number of ether oxygens (including phenoxy) is 1. The van der Waals surface area contributed by atoms with Crippen LogP contribution in [-0.2, 0) is 11.2 Å². The first-order valence-electron chi connectivity index (χ1n) is 7.41. The van der Waals surface area contributed by atoms with Gasteiger partial charge in [-0.25, -0.2) is 9.18 Å². The minimum atomic E-state index is -0.537. The van der Waals surface area contributed by atoms with E-state index >= 15 is 0 Å². The molecule has 0 spiro atoms. The third-order valence-corrected chi connectivity index (χ3v) is 4.98. The van der Waals surface area contributed by atoms with Crippen LogP contribution in [0.2, 0.25) is 0 Å². The fourth-order valence-electron chi connectivity index (χ4n) is 2.12. The molecule has 0 fully saturated rings. The first kappa shape index (κ1) is 18.6. The summed E-state index contributed by atoms with van der Waals surface area (Å²) < 4.78 is 18.9. The number of carbonyl (C=O) groups excluding carboxylic acids is 2. The first-order chi connectivity index (χ1) is 11.5. The maximum Gasteiger partial charge on any atom is 0.348 e. The van der Waals surface area contributed by atoms with E-state index in [1.165, 1.54) is 30.6 Å². The molecule has 0 unspecified atom stereocenters. The summed E-state index contributed by atoms with van der Waals surface area (Å²) in [5, 5.41) is 2.72. The first-order valence-corrected chi connectivity index (χ1v) is 9.02. The Morgan fingerprint density at radius 2 is 2.04 bits per heavy atom. The predicted octanol–water partition coefficient (Wildman–Crippen LogP) is 4.19. The molecule has 1 aromatic carbocycles. The molecule has 4 nitrogen and oxygen atoms in total. The van der Waals surface area contributed by atoms with E-state index in [1.54, 1.807) is 12.1 Å². The van der Waals surface area contributed by atoms with Gasteiger partial charge in [0.1, 0.15) is 10.7 Å². The summed E-state index contributed by atoms with van der Waals surface area (Å²) in [5.41, 5.74) is 0.0327. The predicted molar refractivity (Wildman–Crippen MR) is 95.0 cm³/mol. The highest BCUT2D eigenvalue weighted by Gasteiger charge is 2.12. The number of benzene rings is 1. The third kappa shape index (κ3) is 5.14. The van der Waals surface area contributed by atoms with Gasteiger partial charge in [-0.1, -0.05) is 15.9 Å². The molecule has 0 aliphatic heterocycles. The summed E-state index contributed by atoms with van der Waals surface area (Å²) in [6.45, 7) is 0.472. The van der Waals surface area contributed by atoms with Gasteiger partial charge in [0.05, 0.1) is 12.7 Å². The van der Waals surface area contributed by atoms with Crippen LogP contribution in [-0.4, -0.2) is 25.5 Å². The Labute approximate surface area is 152 Å². The molecule has 24 heavy (non-hydrogen) atoms. The highest BCUT2D eigenvalue weighted by atomic mass is 79.9. The minimum absolute atomic E-state index is 0.0327. The number of hydrogen-bond donors (Lipinski definition) is 1. The van der Waals surface area contributed by atoms with Gasteiger partial charge in [-0.05, 0) is 49.6 Å². The highest BCUT2D eigenvalue weighted by molar-refractivity contribution is 9.10. The molecule has 2 rings (SSSR count). The van der Waals surface area contributed by atoms with Crippen LogP contribution < -0.4 is 5.32 Å². The van der Waals surface area contributed by atoms with Gasteiger partial charge in [0.25, 0.3) is 5.91 Å². The standard InChI is InChI=1S/C17H17BrFNO3S/c1-23-17(22)15-8-6-12(24-15)4-2-3-9-20-16(21)13-10-11(18)5-7-14(13)19/h5-8,10H,2-4,9H2,1H3,(H,20,21). The van der Waals surface area contributed by atoms with Gasteiger partial charge in [0.2, 0.25) is 0 Å². The van der Waals surface area contributed by atoms with Crippen molar-refractivity contribution in [2.75, 3.05) is 13.7 Å². The van der Waals surface area contributed by atoms with Crippen molar-refractivity contribution in [2.24, 2.45) is 0 Å². The second-order valence-corrected chi connectivity index (χ2v) is 7.18. The van der Waals surface area contributed by atoms with Crippen molar-refractivity contribution in [3.05, 3.63) is 55.9 Å². The molecule has 0 radical (unpaired) electrons. The number of esters is 1. The number of unbranched alkanes of at least 4 members (excludes halogenated alkanes) is 1. The number of carbonyl (C=O) groups is 2. The van der Waals surface area contributed by atoms with Gasteiger partial charge in [-0.15, -0.1) is 11.3 Å². The van der Waals surface area contributed by atoms with E-state index in [0.717, 1.165) is 24.1 Å². The zero-order valence-electron chi connectivity index (χ0n) is 13.1. The van der Waals surface area contributed by atoms with Gasteiger partial charge < -0.3 is 10.1 Å². The van der Waals surface area contributed by atoms with Gasteiger partial charge >= 0.3 is 5.97 Å². The Morgan fingerprint density at radius 3 is 2.79 bits per heavy atom. The van der Waals surface area contributed by atoms with E-state index in [4.69, 9.17) is 0 Å². The average Bonchev–Trinajstić information content (AvgIpc) is 3.04. The Bertz CT molecular complexity index is 732. The zero-order valence-corrected chi connectivity index (χ0v) is 15.5. The number of rotatable bonds is 7.